The predicted octanol–water partition coefficient (Wildman–Crippen LogP) is 5.47. The lowest BCUT2D eigenvalue weighted by Crippen LogP contribution is -2.31. The molecule has 0 bridgehead atoms. The summed E-state index contributed by atoms with van der Waals surface area (Å²) in [6, 6.07) is 30.9. The maximum absolute atomic E-state index is 12.7. The number of carboxylic acids is 1. The highest BCUT2D eigenvalue weighted by Crippen LogP contribution is 2.48. The average molecular weight is 448 g/mol. The maximum Gasteiger partial charge on any atom is 0.303 e. The second-order valence-corrected chi connectivity index (χ2v) is 8.81. The first-order valence-electron chi connectivity index (χ1n) is 10.9. The molecule has 0 fully saturated rings. The van der Waals surface area contributed by atoms with Crippen molar-refractivity contribution in [2.24, 2.45) is 0 Å². The van der Waals surface area contributed by atoms with E-state index in [0.717, 1.165) is 29.5 Å². The van der Waals surface area contributed by atoms with Gasteiger partial charge in [-0.05, 0) is 29.5 Å². The fourth-order valence-corrected chi connectivity index (χ4v) is 5.16. The molecule has 166 valence electrons. The highest BCUT2D eigenvalue weighted by molar-refractivity contribution is 8.01. The van der Waals surface area contributed by atoms with Crippen LogP contribution in [0.15, 0.2) is 91.0 Å². The number of amides is 1. The van der Waals surface area contributed by atoms with Crippen LogP contribution in [0, 0.1) is 0 Å². The second kappa shape index (κ2) is 12.1. The van der Waals surface area contributed by atoms with Crippen molar-refractivity contribution in [3.63, 3.8) is 0 Å². The molecule has 0 aliphatic heterocycles. The number of nitrogens with one attached hydrogen (secondary N) is 1. The van der Waals surface area contributed by atoms with Gasteiger partial charge in [0.2, 0.25) is 5.91 Å². The van der Waals surface area contributed by atoms with Crippen molar-refractivity contribution in [2.75, 3.05) is 12.3 Å². The first-order chi connectivity index (χ1) is 15.6. The van der Waals surface area contributed by atoms with Gasteiger partial charge in [0.05, 0.1) is 10.5 Å². The number of hydrogen-bond acceptors (Lipinski definition) is 3. The molecule has 0 aromatic heterocycles. The Morgan fingerprint density at radius 3 is 1.62 bits per heavy atom. The highest BCUT2D eigenvalue weighted by atomic mass is 32.2. The molecule has 3 rings (SSSR count). The fourth-order valence-electron chi connectivity index (χ4n) is 3.80. The lowest BCUT2D eigenvalue weighted by Gasteiger charge is -2.35. The number of rotatable bonds is 12. The first-order valence-corrected chi connectivity index (χ1v) is 11.9. The lowest BCUT2D eigenvalue weighted by molar-refractivity contribution is -0.137. The van der Waals surface area contributed by atoms with Crippen LogP contribution in [0.2, 0.25) is 0 Å². The zero-order valence-corrected chi connectivity index (χ0v) is 18.9. The molecular formula is C27H29NO3S. The van der Waals surface area contributed by atoms with E-state index in [1.54, 1.807) is 11.8 Å². The summed E-state index contributed by atoms with van der Waals surface area (Å²) in [6.45, 7) is 0.564. The molecule has 0 saturated heterocycles. The average Bonchev–Trinajstić information content (AvgIpc) is 2.83. The Balaban J connectivity index is 1.78. The SMILES string of the molecule is O=C(O)CCCCCNC(=O)CSC(c1ccccc1)(c1ccccc1)c1ccccc1. The van der Waals surface area contributed by atoms with E-state index in [1.807, 2.05) is 54.6 Å². The quantitative estimate of drug-likeness (QED) is 0.285. The molecule has 0 unspecified atom stereocenters. The van der Waals surface area contributed by atoms with Crippen LogP contribution in [0.5, 0.6) is 0 Å². The molecule has 0 atom stereocenters. The van der Waals surface area contributed by atoms with Crippen LogP contribution in [0.4, 0.5) is 0 Å². The topological polar surface area (TPSA) is 66.4 Å². The van der Waals surface area contributed by atoms with E-state index in [0.29, 0.717) is 18.7 Å². The van der Waals surface area contributed by atoms with Crippen molar-refractivity contribution >= 4 is 23.6 Å². The van der Waals surface area contributed by atoms with Crippen molar-refractivity contribution in [1.82, 2.24) is 5.32 Å². The van der Waals surface area contributed by atoms with Crippen LogP contribution in [-0.2, 0) is 14.3 Å². The summed E-state index contributed by atoms with van der Waals surface area (Å²) >= 11 is 1.62. The fraction of sp³-hybridized carbons (Fsp3) is 0.259. The number of unbranched alkanes of at least 4 members (excludes halogenated alkanes) is 2. The standard InChI is InChI=1S/C27H29NO3S/c29-25(28-20-12-4-11-19-26(30)31)21-32-27(22-13-5-1-6-14-22,23-15-7-2-8-16-23)24-17-9-3-10-18-24/h1-3,5-10,13-18H,4,11-12,19-21H2,(H,28,29)(H,30,31). The summed E-state index contributed by atoms with van der Waals surface area (Å²) in [5, 5.41) is 11.7. The van der Waals surface area contributed by atoms with Gasteiger partial charge in [-0.1, -0.05) is 97.4 Å². The normalized spacial score (nSPS) is 11.1. The van der Waals surface area contributed by atoms with E-state index in [2.05, 4.69) is 41.7 Å². The van der Waals surface area contributed by atoms with Crippen LogP contribution >= 0.6 is 11.8 Å². The third-order valence-electron chi connectivity index (χ3n) is 5.35. The summed E-state index contributed by atoms with van der Waals surface area (Å²) in [6.07, 6.45) is 2.39. The van der Waals surface area contributed by atoms with Gasteiger partial charge >= 0.3 is 5.97 Å². The lowest BCUT2D eigenvalue weighted by atomic mass is 9.84. The zero-order valence-electron chi connectivity index (χ0n) is 18.1. The van der Waals surface area contributed by atoms with Crippen molar-refractivity contribution in [3.8, 4) is 0 Å². The molecule has 0 aliphatic rings. The third-order valence-corrected chi connectivity index (χ3v) is 6.90. The monoisotopic (exact) mass is 447 g/mol. The smallest absolute Gasteiger partial charge is 0.303 e. The van der Waals surface area contributed by atoms with Gasteiger partial charge in [-0.3, -0.25) is 9.59 Å². The highest BCUT2D eigenvalue weighted by Gasteiger charge is 2.37. The van der Waals surface area contributed by atoms with Crippen molar-refractivity contribution in [2.45, 2.75) is 30.4 Å². The Labute approximate surface area is 194 Å². The predicted molar refractivity (Wildman–Crippen MR) is 131 cm³/mol. The zero-order chi connectivity index (χ0) is 22.7. The van der Waals surface area contributed by atoms with Crippen LogP contribution in [-0.4, -0.2) is 29.3 Å². The Morgan fingerprint density at radius 1 is 0.719 bits per heavy atom. The van der Waals surface area contributed by atoms with Crippen LogP contribution < -0.4 is 5.32 Å². The van der Waals surface area contributed by atoms with E-state index in [9.17, 15) is 9.59 Å². The number of carbonyl (C=O) groups is 2. The minimum atomic E-state index is -0.774. The van der Waals surface area contributed by atoms with Gasteiger partial charge in [-0.2, -0.15) is 0 Å². The molecular weight excluding hydrogens is 418 g/mol. The summed E-state index contributed by atoms with van der Waals surface area (Å²) in [7, 11) is 0. The molecule has 5 heteroatoms. The third kappa shape index (κ3) is 6.24. The van der Waals surface area contributed by atoms with Gasteiger partial charge in [0.1, 0.15) is 0 Å². The van der Waals surface area contributed by atoms with E-state index in [1.165, 1.54) is 0 Å². The van der Waals surface area contributed by atoms with Gasteiger partial charge in [0, 0.05) is 13.0 Å². The number of hydrogen-bond donors (Lipinski definition) is 2. The Kier molecular flexibility index (Phi) is 8.93. The largest absolute Gasteiger partial charge is 0.481 e. The molecule has 4 nitrogen and oxygen atoms in total. The molecule has 0 spiro atoms. The van der Waals surface area contributed by atoms with Gasteiger partial charge in [-0.15, -0.1) is 11.8 Å². The minimum Gasteiger partial charge on any atom is -0.481 e. The van der Waals surface area contributed by atoms with Gasteiger partial charge in [0.25, 0.3) is 0 Å². The van der Waals surface area contributed by atoms with E-state index < -0.39 is 10.7 Å². The maximum atomic E-state index is 12.7. The van der Waals surface area contributed by atoms with E-state index in [4.69, 9.17) is 5.11 Å². The van der Waals surface area contributed by atoms with Crippen LogP contribution in [0.3, 0.4) is 0 Å². The number of benzene rings is 3. The molecule has 3 aromatic carbocycles. The van der Waals surface area contributed by atoms with Crippen molar-refractivity contribution in [3.05, 3.63) is 108 Å². The number of thioether (sulfide) groups is 1. The number of carbonyl (C=O) groups excluding carboxylic acids is 1. The molecule has 2 N–H and O–H groups in total. The molecule has 3 aromatic rings. The minimum absolute atomic E-state index is 0.0135. The molecule has 1 amide bonds. The number of carboxylic acid groups (broad SMARTS) is 1. The Morgan fingerprint density at radius 2 is 1.19 bits per heavy atom. The van der Waals surface area contributed by atoms with Gasteiger partial charge in [-0.25, -0.2) is 0 Å². The van der Waals surface area contributed by atoms with Crippen LogP contribution in [0.25, 0.3) is 0 Å². The Hall–Kier alpha value is -3.05. The number of aliphatic carboxylic acids is 1. The molecule has 0 aliphatic carbocycles. The van der Waals surface area contributed by atoms with Crippen molar-refractivity contribution in [1.29, 1.82) is 0 Å². The molecule has 0 saturated carbocycles. The summed E-state index contributed by atoms with van der Waals surface area (Å²) < 4.78 is -0.511. The van der Waals surface area contributed by atoms with E-state index in [-0.39, 0.29) is 12.3 Å². The van der Waals surface area contributed by atoms with E-state index >= 15 is 0 Å². The molecule has 0 radical (unpaired) electrons. The Bertz CT molecular complexity index is 881. The van der Waals surface area contributed by atoms with Gasteiger partial charge < -0.3 is 10.4 Å². The molecule has 0 heterocycles. The van der Waals surface area contributed by atoms with Gasteiger partial charge in [0.15, 0.2) is 0 Å². The van der Waals surface area contributed by atoms with Crippen molar-refractivity contribution < 1.29 is 14.7 Å². The summed E-state index contributed by atoms with van der Waals surface area (Å²) in [5.74, 6) is -0.474. The summed E-state index contributed by atoms with van der Waals surface area (Å²) in [5.41, 5.74) is 3.39. The summed E-state index contributed by atoms with van der Waals surface area (Å²) in [4.78, 5) is 23.3. The van der Waals surface area contributed by atoms with Crippen LogP contribution in [0.1, 0.15) is 42.4 Å². The first kappa shape index (κ1) is 23.6. The second-order valence-electron chi connectivity index (χ2n) is 7.62. The molecule has 32 heavy (non-hydrogen) atoms.